The summed E-state index contributed by atoms with van der Waals surface area (Å²) in [4.78, 5) is 2.58. The van der Waals surface area contributed by atoms with E-state index in [-0.39, 0.29) is 12.2 Å². The van der Waals surface area contributed by atoms with Crippen molar-refractivity contribution >= 4 is 0 Å². The zero-order valence-electron chi connectivity index (χ0n) is 14.7. The summed E-state index contributed by atoms with van der Waals surface area (Å²) in [6.45, 7) is 6.76. The predicted octanol–water partition coefficient (Wildman–Crippen LogP) is 1.97. The molecule has 1 N–H and O–H groups in total. The molecular weight excluding hydrogens is 304 g/mol. The number of benzene rings is 1. The molecule has 2 aliphatic heterocycles. The number of nitrogens with zero attached hydrogens (tertiary/aromatic N) is 1. The Bertz CT molecular complexity index is 588. The van der Waals surface area contributed by atoms with Gasteiger partial charge in [-0.15, -0.1) is 0 Å². The Morgan fingerprint density at radius 1 is 1.33 bits per heavy atom. The Morgan fingerprint density at radius 2 is 2.21 bits per heavy atom. The number of hydrogen-bond acceptors (Lipinski definition) is 5. The van der Waals surface area contributed by atoms with Gasteiger partial charge < -0.3 is 19.5 Å². The molecule has 24 heavy (non-hydrogen) atoms. The lowest BCUT2D eigenvalue weighted by Gasteiger charge is -2.33. The predicted molar refractivity (Wildman–Crippen MR) is 92.8 cm³/mol. The third-order valence-corrected chi connectivity index (χ3v) is 5.22. The summed E-state index contributed by atoms with van der Waals surface area (Å²) in [6.07, 6.45) is 4.25. The molecule has 1 aromatic carbocycles. The van der Waals surface area contributed by atoms with Crippen LogP contribution in [-0.2, 0) is 17.7 Å². The second-order valence-corrected chi connectivity index (χ2v) is 7.25. The minimum Gasteiger partial charge on any atom is -0.496 e. The Kier molecular flexibility index (Phi) is 4.66. The molecule has 1 aliphatic carbocycles. The van der Waals surface area contributed by atoms with Crippen LogP contribution in [0.2, 0.25) is 0 Å². The molecule has 132 valence electrons. The van der Waals surface area contributed by atoms with E-state index in [1.54, 1.807) is 7.11 Å². The Morgan fingerprint density at radius 3 is 3.00 bits per heavy atom. The van der Waals surface area contributed by atoms with Crippen LogP contribution < -0.4 is 14.8 Å². The van der Waals surface area contributed by atoms with Crippen molar-refractivity contribution in [2.45, 2.75) is 51.0 Å². The van der Waals surface area contributed by atoms with Crippen LogP contribution in [-0.4, -0.2) is 56.5 Å². The molecule has 0 aromatic heterocycles. The standard InChI is InChI=1S/C19H28N2O3/c1-13-7-14-8-18(22-2)15(9-19(14)24-13)10-20-11-17-12-21(5-6-23-17)16-3-4-16/h8-9,13,16-17,20H,3-7,10-12H2,1-2H3. The van der Waals surface area contributed by atoms with Crippen molar-refractivity contribution in [3.05, 3.63) is 23.3 Å². The molecule has 4 rings (SSSR count). The fourth-order valence-corrected chi connectivity index (χ4v) is 3.81. The summed E-state index contributed by atoms with van der Waals surface area (Å²) in [7, 11) is 1.74. The van der Waals surface area contributed by atoms with Gasteiger partial charge in [0.05, 0.1) is 19.8 Å². The maximum Gasteiger partial charge on any atom is 0.123 e. The maximum absolute atomic E-state index is 5.91. The van der Waals surface area contributed by atoms with E-state index in [1.807, 2.05) is 0 Å². The smallest absolute Gasteiger partial charge is 0.123 e. The summed E-state index contributed by atoms with van der Waals surface area (Å²) in [5, 5.41) is 3.54. The third-order valence-electron chi connectivity index (χ3n) is 5.22. The highest BCUT2D eigenvalue weighted by Gasteiger charge is 2.32. The fourth-order valence-electron chi connectivity index (χ4n) is 3.81. The fraction of sp³-hybridized carbons (Fsp3) is 0.684. The molecule has 0 bridgehead atoms. The van der Waals surface area contributed by atoms with E-state index in [1.165, 1.54) is 18.4 Å². The number of hydrogen-bond donors (Lipinski definition) is 1. The van der Waals surface area contributed by atoms with Crippen LogP contribution in [0.15, 0.2) is 12.1 Å². The summed E-state index contributed by atoms with van der Waals surface area (Å²) < 4.78 is 17.4. The molecule has 5 nitrogen and oxygen atoms in total. The number of morpholine rings is 1. The van der Waals surface area contributed by atoms with E-state index in [4.69, 9.17) is 14.2 Å². The van der Waals surface area contributed by atoms with Gasteiger partial charge in [0.2, 0.25) is 0 Å². The average Bonchev–Trinajstić information content (AvgIpc) is 3.36. The van der Waals surface area contributed by atoms with Gasteiger partial charge in [0.25, 0.3) is 0 Å². The highest BCUT2D eigenvalue weighted by atomic mass is 16.5. The first kappa shape index (κ1) is 16.2. The number of ether oxygens (including phenoxy) is 3. The van der Waals surface area contributed by atoms with Gasteiger partial charge in [0.1, 0.15) is 17.6 Å². The monoisotopic (exact) mass is 332 g/mol. The van der Waals surface area contributed by atoms with Gasteiger partial charge in [-0.1, -0.05) is 0 Å². The van der Waals surface area contributed by atoms with Crippen LogP contribution in [0.1, 0.15) is 30.9 Å². The highest BCUT2D eigenvalue weighted by Crippen LogP contribution is 2.35. The normalized spacial score (nSPS) is 26.9. The van der Waals surface area contributed by atoms with E-state index in [2.05, 4.69) is 29.3 Å². The first-order valence-electron chi connectivity index (χ1n) is 9.15. The van der Waals surface area contributed by atoms with Crippen molar-refractivity contribution in [3.63, 3.8) is 0 Å². The molecule has 2 heterocycles. The minimum atomic E-state index is 0.261. The molecule has 2 fully saturated rings. The van der Waals surface area contributed by atoms with Gasteiger partial charge in [-0.3, -0.25) is 4.90 Å². The van der Waals surface area contributed by atoms with Gasteiger partial charge in [-0.2, -0.15) is 0 Å². The topological polar surface area (TPSA) is 43.0 Å². The number of rotatable bonds is 6. The zero-order valence-corrected chi connectivity index (χ0v) is 14.7. The van der Waals surface area contributed by atoms with Crippen LogP contribution in [0.25, 0.3) is 0 Å². The molecular formula is C19H28N2O3. The zero-order chi connectivity index (χ0) is 16.5. The van der Waals surface area contributed by atoms with Crippen molar-refractivity contribution in [3.8, 4) is 11.5 Å². The van der Waals surface area contributed by atoms with Crippen molar-refractivity contribution in [2.24, 2.45) is 0 Å². The Hall–Kier alpha value is -1.30. The summed E-state index contributed by atoms with van der Waals surface area (Å²) in [5.74, 6) is 1.96. The van der Waals surface area contributed by atoms with Gasteiger partial charge in [0, 0.05) is 49.8 Å². The Balaban J connectivity index is 1.33. The third kappa shape index (κ3) is 3.53. The second kappa shape index (κ2) is 6.90. The molecule has 1 aromatic rings. The number of methoxy groups -OCH3 is 1. The summed E-state index contributed by atoms with van der Waals surface area (Å²) in [6, 6.07) is 5.08. The van der Waals surface area contributed by atoms with E-state index in [9.17, 15) is 0 Å². The SMILES string of the molecule is COc1cc2c(cc1CNCC1CN(C3CC3)CCO1)OC(C)C2. The van der Waals surface area contributed by atoms with E-state index >= 15 is 0 Å². The van der Waals surface area contributed by atoms with Crippen molar-refractivity contribution in [2.75, 3.05) is 33.4 Å². The maximum atomic E-state index is 5.91. The largest absolute Gasteiger partial charge is 0.496 e. The van der Waals surface area contributed by atoms with Crippen molar-refractivity contribution < 1.29 is 14.2 Å². The quantitative estimate of drug-likeness (QED) is 0.863. The van der Waals surface area contributed by atoms with Gasteiger partial charge in [0.15, 0.2) is 0 Å². The Labute approximate surface area is 144 Å². The molecule has 0 radical (unpaired) electrons. The summed E-state index contributed by atoms with van der Waals surface area (Å²) >= 11 is 0. The molecule has 1 saturated heterocycles. The molecule has 0 amide bonds. The van der Waals surface area contributed by atoms with E-state index < -0.39 is 0 Å². The minimum absolute atomic E-state index is 0.261. The van der Waals surface area contributed by atoms with Gasteiger partial charge >= 0.3 is 0 Å². The second-order valence-electron chi connectivity index (χ2n) is 7.25. The molecule has 3 aliphatic rings. The van der Waals surface area contributed by atoms with Crippen LogP contribution >= 0.6 is 0 Å². The summed E-state index contributed by atoms with van der Waals surface area (Å²) in [5.41, 5.74) is 2.40. The lowest BCUT2D eigenvalue weighted by molar-refractivity contribution is -0.0301. The van der Waals surface area contributed by atoms with E-state index in [0.29, 0.717) is 0 Å². The van der Waals surface area contributed by atoms with Crippen molar-refractivity contribution in [1.29, 1.82) is 0 Å². The highest BCUT2D eigenvalue weighted by molar-refractivity contribution is 5.48. The van der Waals surface area contributed by atoms with Crippen LogP contribution in [0.4, 0.5) is 0 Å². The van der Waals surface area contributed by atoms with E-state index in [0.717, 1.165) is 62.3 Å². The first-order chi connectivity index (χ1) is 11.7. The average molecular weight is 332 g/mol. The van der Waals surface area contributed by atoms with Gasteiger partial charge in [-0.05, 0) is 31.9 Å². The van der Waals surface area contributed by atoms with Crippen LogP contribution in [0.3, 0.4) is 0 Å². The van der Waals surface area contributed by atoms with Crippen LogP contribution in [0.5, 0.6) is 11.5 Å². The molecule has 2 atom stereocenters. The molecule has 0 spiro atoms. The molecule has 5 heteroatoms. The van der Waals surface area contributed by atoms with Crippen LogP contribution in [0, 0.1) is 0 Å². The lowest BCUT2D eigenvalue weighted by atomic mass is 10.1. The number of nitrogens with one attached hydrogen (secondary N) is 1. The lowest BCUT2D eigenvalue weighted by Crippen LogP contribution is -2.47. The molecule has 2 unspecified atom stereocenters. The van der Waals surface area contributed by atoms with Crippen molar-refractivity contribution in [1.82, 2.24) is 10.2 Å². The first-order valence-corrected chi connectivity index (χ1v) is 9.15. The van der Waals surface area contributed by atoms with Gasteiger partial charge in [-0.25, -0.2) is 0 Å². The molecule has 1 saturated carbocycles. The number of fused-ring (bicyclic) bond motifs is 1.